The predicted octanol–water partition coefficient (Wildman–Crippen LogP) is 4.02. The number of nitrogens with one attached hydrogen (secondary N) is 1. The van der Waals surface area contributed by atoms with Crippen molar-refractivity contribution in [3.8, 4) is 0 Å². The summed E-state index contributed by atoms with van der Waals surface area (Å²) in [6.45, 7) is 11.4. The van der Waals surface area contributed by atoms with Crippen LogP contribution in [0.3, 0.4) is 0 Å². The number of unbranched alkanes of at least 4 members (excludes halogenated alkanes) is 1. The Morgan fingerprint density at radius 1 is 1.10 bits per heavy atom. The van der Waals surface area contributed by atoms with Gasteiger partial charge in [0.2, 0.25) is 0 Å². The van der Waals surface area contributed by atoms with E-state index < -0.39 is 0 Å². The topological polar surface area (TPSA) is 15.3 Å². The minimum absolute atomic E-state index is 0.401. The van der Waals surface area contributed by atoms with Gasteiger partial charge in [0.05, 0.1) is 0 Å². The summed E-state index contributed by atoms with van der Waals surface area (Å²) in [5.74, 6) is 0. The summed E-state index contributed by atoms with van der Waals surface area (Å²) in [5, 5.41) is 3.51. The molecule has 0 aliphatic rings. The van der Waals surface area contributed by atoms with Crippen LogP contribution in [-0.4, -0.2) is 31.1 Å². The van der Waals surface area contributed by atoms with Gasteiger partial charge in [-0.1, -0.05) is 51.5 Å². The van der Waals surface area contributed by atoms with Crippen molar-refractivity contribution < 1.29 is 0 Å². The molecule has 114 valence electrons. The Morgan fingerprint density at radius 3 is 2.20 bits per heavy atom. The smallest absolute Gasteiger partial charge is 0.0473 e. The molecule has 2 unspecified atom stereocenters. The number of rotatable bonds is 9. The van der Waals surface area contributed by atoms with E-state index in [9.17, 15) is 0 Å². The van der Waals surface area contributed by atoms with Crippen molar-refractivity contribution in [2.75, 3.05) is 20.1 Å². The molecule has 0 amide bonds. The van der Waals surface area contributed by atoms with Crippen LogP contribution in [-0.2, 0) is 6.42 Å². The summed E-state index contributed by atoms with van der Waals surface area (Å²) < 4.78 is 0. The van der Waals surface area contributed by atoms with E-state index in [1.54, 1.807) is 0 Å². The van der Waals surface area contributed by atoms with Gasteiger partial charge in [0, 0.05) is 12.1 Å². The van der Waals surface area contributed by atoms with E-state index >= 15 is 0 Å². The highest BCUT2D eigenvalue weighted by Gasteiger charge is 2.22. The third-order valence-corrected chi connectivity index (χ3v) is 4.32. The van der Waals surface area contributed by atoms with Crippen LogP contribution in [0.25, 0.3) is 0 Å². The molecule has 0 aromatic heterocycles. The number of benzene rings is 1. The Labute approximate surface area is 125 Å². The van der Waals surface area contributed by atoms with Gasteiger partial charge < -0.3 is 5.32 Å². The molecule has 1 rings (SSSR count). The third kappa shape index (κ3) is 4.60. The van der Waals surface area contributed by atoms with Crippen molar-refractivity contribution in [2.45, 2.75) is 59.0 Å². The molecule has 0 aliphatic heterocycles. The molecule has 2 atom stereocenters. The maximum absolute atomic E-state index is 3.51. The lowest BCUT2D eigenvalue weighted by molar-refractivity contribution is 0.178. The van der Waals surface area contributed by atoms with Crippen LogP contribution in [0.1, 0.15) is 57.7 Å². The van der Waals surface area contributed by atoms with E-state index in [-0.39, 0.29) is 0 Å². The Kier molecular flexibility index (Phi) is 7.86. The van der Waals surface area contributed by atoms with Crippen LogP contribution in [0, 0.1) is 0 Å². The van der Waals surface area contributed by atoms with E-state index in [1.165, 1.54) is 30.5 Å². The van der Waals surface area contributed by atoms with Gasteiger partial charge >= 0.3 is 0 Å². The Morgan fingerprint density at radius 2 is 1.75 bits per heavy atom. The van der Waals surface area contributed by atoms with Crippen molar-refractivity contribution in [3.05, 3.63) is 35.4 Å². The number of hydrogen-bond donors (Lipinski definition) is 1. The summed E-state index contributed by atoms with van der Waals surface area (Å²) >= 11 is 0. The molecule has 1 N–H and O–H groups in total. The molecular weight excluding hydrogens is 244 g/mol. The van der Waals surface area contributed by atoms with Crippen LogP contribution in [0.2, 0.25) is 0 Å². The van der Waals surface area contributed by atoms with Crippen molar-refractivity contribution in [3.63, 3.8) is 0 Å². The highest BCUT2D eigenvalue weighted by atomic mass is 15.2. The first-order valence-electron chi connectivity index (χ1n) is 8.17. The largest absolute Gasteiger partial charge is 0.312 e. The lowest BCUT2D eigenvalue weighted by Gasteiger charge is -2.34. The first-order valence-corrected chi connectivity index (χ1v) is 8.17. The standard InChI is InChI=1S/C18H32N2/c1-6-9-14-20(8-3)15(4)18(19-5)17-12-10-16(7-2)11-13-17/h10-13,15,18-19H,6-9,14H2,1-5H3. The first-order chi connectivity index (χ1) is 9.67. The van der Waals surface area contributed by atoms with Gasteiger partial charge in [-0.2, -0.15) is 0 Å². The molecule has 0 spiro atoms. The second kappa shape index (κ2) is 9.15. The fourth-order valence-electron chi connectivity index (χ4n) is 2.87. The highest BCUT2D eigenvalue weighted by Crippen LogP contribution is 2.21. The van der Waals surface area contributed by atoms with Gasteiger partial charge in [-0.25, -0.2) is 0 Å². The molecule has 0 heterocycles. The molecule has 2 nitrogen and oxygen atoms in total. The average Bonchev–Trinajstić information content (AvgIpc) is 2.49. The summed E-state index contributed by atoms with van der Waals surface area (Å²) in [6.07, 6.45) is 3.65. The van der Waals surface area contributed by atoms with Crippen molar-refractivity contribution in [1.82, 2.24) is 10.2 Å². The van der Waals surface area contributed by atoms with E-state index in [2.05, 4.69) is 69.2 Å². The van der Waals surface area contributed by atoms with Crippen LogP contribution in [0.5, 0.6) is 0 Å². The van der Waals surface area contributed by atoms with Gasteiger partial charge in [-0.05, 0) is 51.0 Å². The second-order valence-corrected chi connectivity index (χ2v) is 5.58. The quantitative estimate of drug-likeness (QED) is 0.733. The fourth-order valence-corrected chi connectivity index (χ4v) is 2.87. The molecular formula is C18H32N2. The van der Waals surface area contributed by atoms with Gasteiger partial charge in [0.1, 0.15) is 0 Å². The van der Waals surface area contributed by atoms with Gasteiger partial charge in [-0.3, -0.25) is 4.90 Å². The minimum atomic E-state index is 0.401. The summed E-state index contributed by atoms with van der Waals surface area (Å²) in [5.41, 5.74) is 2.81. The van der Waals surface area contributed by atoms with Crippen LogP contribution < -0.4 is 5.32 Å². The summed E-state index contributed by atoms with van der Waals surface area (Å²) in [6, 6.07) is 10.00. The summed E-state index contributed by atoms with van der Waals surface area (Å²) in [7, 11) is 2.07. The van der Waals surface area contributed by atoms with E-state index in [1.807, 2.05) is 0 Å². The molecule has 1 aromatic carbocycles. The summed E-state index contributed by atoms with van der Waals surface area (Å²) in [4.78, 5) is 2.58. The molecule has 1 aromatic rings. The third-order valence-electron chi connectivity index (χ3n) is 4.32. The zero-order valence-corrected chi connectivity index (χ0v) is 13.9. The molecule has 20 heavy (non-hydrogen) atoms. The number of hydrogen-bond acceptors (Lipinski definition) is 2. The van der Waals surface area contributed by atoms with Crippen LogP contribution in [0.15, 0.2) is 24.3 Å². The molecule has 0 saturated carbocycles. The zero-order valence-electron chi connectivity index (χ0n) is 13.9. The monoisotopic (exact) mass is 276 g/mol. The predicted molar refractivity (Wildman–Crippen MR) is 89.2 cm³/mol. The number of nitrogens with zero attached hydrogens (tertiary/aromatic N) is 1. The van der Waals surface area contributed by atoms with Crippen molar-refractivity contribution in [1.29, 1.82) is 0 Å². The van der Waals surface area contributed by atoms with Crippen LogP contribution in [0.4, 0.5) is 0 Å². The van der Waals surface area contributed by atoms with E-state index in [0.717, 1.165) is 13.0 Å². The van der Waals surface area contributed by atoms with E-state index in [4.69, 9.17) is 0 Å². The van der Waals surface area contributed by atoms with Crippen LogP contribution >= 0.6 is 0 Å². The molecule has 0 radical (unpaired) electrons. The minimum Gasteiger partial charge on any atom is -0.312 e. The number of aryl methyl sites for hydroxylation is 1. The average molecular weight is 276 g/mol. The molecule has 0 bridgehead atoms. The normalized spacial score (nSPS) is 14.5. The first kappa shape index (κ1) is 17.2. The van der Waals surface area contributed by atoms with Crippen molar-refractivity contribution >= 4 is 0 Å². The molecule has 0 fully saturated rings. The second-order valence-electron chi connectivity index (χ2n) is 5.58. The van der Waals surface area contributed by atoms with Gasteiger partial charge in [-0.15, -0.1) is 0 Å². The Hall–Kier alpha value is -0.860. The van der Waals surface area contributed by atoms with Gasteiger partial charge in [0.15, 0.2) is 0 Å². The molecule has 0 saturated heterocycles. The Bertz CT molecular complexity index is 358. The molecule has 2 heteroatoms. The SMILES string of the molecule is CCCCN(CC)C(C)C(NC)c1ccc(CC)cc1. The zero-order chi connectivity index (χ0) is 15.0. The lowest BCUT2D eigenvalue weighted by Crippen LogP contribution is -2.42. The number of likely N-dealkylation sites (N-methyl/N-ethyl adjacent to an activating group) is 2. The van der Waals surface area contributed by atoms with Gasteiger partial charge in [0.25, 0.3) is 0 Å². The van der Waals surface area contributed by atoms with E-state index in [0.29, 0.717) is 12.1 Å². The van der Waals surface area contributed by atoms with Crippen molar-refractivity contribution in [2.24, 2.45) is 0 Å². The maximum atomic E-state index is 3.51. The lowest BCUT2D eigenvalue weighted by atomic mass is 9.97. The Balaban J connectivity index is 2.80. The molecule has 0 aliphatic carbocycles. The fraction of sp³-hybridized carbons (Fsp3) is 0.667. The highest BCUT2D eigenvalue weighted by molar-refractivity contribution is 5.26. The maximum Gasteiger partial charge on any atom is 0.0473 e.